The van der Waals surface area contributed by atoms with Crippen LogP contribution >= 0.6 is 22.7 Å². The van der Waals surface area contributed by atoms with Gasteiger partial charge in [-0.2, -0.15) is 0 Å². The van der Waals surface area contributed by atoms with E-state index in [0.717, 1.165) is 16.3 Å². The molecule has 2 atom stereocenters. The quantitative estimate of drug-likeness (QED) is 0.275. The normalized spacial score (nSPS) is 14.4. The fraction of sp³-hybridized carbons (Fsp3) is 0.742. The van der Waals surface area contributed by atoms with Gasteiger partial charge in [0.25, 0.3) is 0 Å². The number of hydrogen-bond acceptors (Lipinski definition) is 10. The molecule has 0 aliphatic heterocycles. The van der Waals surface area contributed by atoms with E-state index in [4.69, 9.17) is 0 Å². The van der Waals surface area contributed by atoms with Crippen LogP contribution in [0.15, 0.2) is 5.38 Å². The average molecular weight is 707 g/mol. The van der Waals surface area contributed by atoms with Crippen LogP contribution in [0.2, 0.25) is 0 Å². The first-order valence-electron chi connectivity index (χ1n) is 15.2. The van der Waals surface area contributed by atoms with Crippen LogP contribution in [-0.4, -0.2) is 59.6 Å². The lowest BCUT2D eigenvalue weighted by molar-refractivity contribution is -0.117. The topological polar surface area (TPSA) is 152 Å². The predicted molar refractivity (Wildman–Crippen MR) is 189 cm³/mol. The minimum Gasteiger partial charge on any atom is -0.301 e. The van der Waals surface area contributed by atoms with Crippen LogP contribution in [0.5, 0.6) is 0 Å². The molecule has 2 heterocycles. The van der Waals surface area contributed by atoms with E-state index in [1.165, 1.54) is 22.7 Å². The van der Waals surface area contributed by atoms with E-state index in [1.807, 2.05) is 33.1 Å². The number of carbonyl (C=O) groups is 2. The standard InChI is InChI=1S/C16H28N2O3S2.C15H26N2O3S2/c1-9(2)12(23(20,21)10(3)4)14(19)18-15-17-11(5)13(22-15)16(6,7)8;1-9(2)12(22(19,20)10(3)4)13(18)17-14-16-11(8-21-14)15(5,6)7/h9-10,12H,1-8H3,(H,17,18,19);8-10,12H,1-7H3,(H,16,17,18). The lowest BCUT2D eigenvalue weighted by atomic mass is 9.93. The number of hydrogen-bond donors (Lipinski definition) is 2. The summed E-state index contributed by atoms with van der Waals surface area (Å²) < 4.78 is 49.7. The van der Waals surface area contributed by atoms with E-state index in [-0.39, 0.29) is 22.7 Å². The Labute approximate surface area is 279 Å². The molecule has 2 aromatic heterocycles. The first kappa shape index (κ1) is 41.1. The minimum absolute atomic E-state index is 0.0633. The summed E-state index contributed by atoms with van der Waals surface area (Å²) in [5, 5.41) is 4.85. The van der Waals surface area contributed by atoms with E-state index in [2.05, 4.69) is 41.4 Å². The number of amides is 2. The van der Waals surface area contributed by atoms with E-state index >= 15 is 0 Å². The second kappa shape index (κ2) is 15.3. The van der Waals surface area contributed by atoms with Crippen LogP contribution in [0.4, 0.5) is 10.3 Å². The Morgan fingerprint density at radius 1 is 0.689 bits per heavy atom. The van der Waals surface area contributed by atoms with Gasteiger partial charge in [0.2, 0.25) is 11.8 Å². The average Bonchev–Trinajstić information content (AvgIpc) is 3.44. The van der Waals surface area contributed by atoms with E-state index in [1.54, 1.807) is 55.4 Å². The molecular weight excluding hydrogens is 653 g/mol. The molecular formula is C31H54N4O6S4. The molecule has 0 aliphatic rings. The van der Waals surface area contributed by atoms with Gasteiger partial charge in [-0.1, -0.05) is 69.2 Å². The summed E-state index contributed by atoms with van der Waals surface area (Å²) in [6.45, 7) is 27.6. The van der Waals surface area contributed by atoms with Gasteiger partial charge in [-0.05, 0) is 51.9 Å². The van der Waals surface area contributed by atoms with Crippen LogP contribution < -0.4 is 10.6 Å². The van der Waals surface area contributed by atoms with Crippen molar-refractivity contribution in [1.29, 1.82) is 0 Å². The maximum Gasteiger partial charge on any atom is 0.244 e. The van der Waals surface area contributed by atoms with E-state index in [0.29, 0.717) is 10.3 Å². The van der Waals surface area contributed by atoms with Crippen molar-refractivity contribution < 1.29 is 26.4 Å². The third-order valence-corrected chi connectivity index (χ3v) is 14.8. The molecule has 0 bridgehead atoms. The molecule has 2 rings (SSSR count). The summed E-state index contributed by atoms with van der Waals surface area (Å²) in [4.78, 5) is 34.8. The first-order chi connectivity index (χ1) is 20.1. The zero-order chi connectivity index (χ0) is 35.5. The SMILES string of the molecule is CC(C)C(C(=O)Nc1nc(C(C)(C)C)cs1)S(=O)(=O)C(C)C.Cc1nc(NC(=O)C(C(C)C)S(=O)(=O)C(C)C)sc1C(C)(C)C. The van der Waals surface area contributed by atoms with Gasteiger partial charge in [-0.3, -0.25) is 9.59 Å². The van der Waals surface area contributed by atoms with Crippen molar-refractivity contribution in [3.8, 4) is 0 Å². The molecule has 2 N–H and O–H groups in total. The minimum atomic E-state index is -3.52. The molecule has 258 valence electrons. The molecule has 10 nitrogen and oxygen atoms in total. The molecule has 45 heavy (non-hydrogen) atoms. The highest BCUT2D eigenvalue weighted by Gasteiger charge is 2.39. The molecule has 0 saturated carbocycles. The molecule has 0 spiro atoms. The molecule has 0 aliphatic carbocycles. The number of thiazole rings is 2. The number of nitrogens with one attached hydrogen (secondary N) is 2. The van der Waals surface area contributed by atoms with Crippen LogP contribution in [-0.2, 0) is 40.1 Å². The number of sulfone groups is 2. The van der Waals surface area contributed by atoms with Crippen molar-refractivity contribution in [2.45, 2.75) is 136 Å². The Morgan fingerprint density at radius 3 is 1.38 bits per heavy atom. The largest absolute Gasteiger partial charge is 0.301 e. The van der Waals surface area contributed by atoms with Crippen molar-refractivity contribution in [2.75, 3.05) is 10.6 Å². The second-order valence-corrected chi connectivity index (χ2v) is 21.7. The highest BCUT2D eigenvalue weighted by molar-refractivity contribution is 7.93. The Hall–Kier alpha value is -1.90. The smallest absolute Gasteiger partial charge is 0.244 e. The van der Waals surface area contributed by atoms with Gasteiger partial charge in [0.15, 0.2) is 29.9 Å². The Kier molecular flexibility index (Phi) is 14.0. The van der Waals surface area contributed by atoms with Crippen molar-refractivity contribution in [1.82, 2.24) is 9.97 Å². The molecule has 14 heteroatoms. The number of nitrogens with zero attached hydrogens (tertiary/aromatic N) is 2. The monoisotopic (exact) mass is 706 g/mol. The summed E-state index contributed by atoms with van der Waals surface area (Å²) in [5.74, 6) is -1.60. The van der Waals surface area contributed by atoms with Crippen LogP contribution in [0.3, 0.4) is 0 Å². The third-order valence-electron chi connectivity index (χ3n) is 6.96. The predicted octanol–water partition coefficient (Wildman–Crippen LogP) is 6.76. The Morgan fingerprint density at radius 2 is 1.09 bits per heavy atom. The molecule has 0 saturated heterocycles. The zero-order valence-corrected chi connectivity index (χ0v) is 32.8. The maximum atomic E-state index is 12.6. The van der Waals surface area contributed by atoms with Gasteiger partial charge >= 0.3 is 0 Å². The molecule has 0 radical (unpaired) electrons. The van der Waals surface area contributed by atoms with Crippen LogP contribution in [0, 0.1) is 18.8 Å². The molecule has 2 unspecified atom stereocenters. The zero-order valence-electron chi connectivity index (χ0n) is 29.5. The van der Waals surface area contributed by atoms with Gasteiger partial charge in [0.1, 0.15) is 10.5 Å². The van der Waals surface area contributed by atoms with Gasteiger partial charge in [-0.25, -0.2) is 26.8 Å². The molecule has 2 aromatic rings. The Balaban J connectivity index is 0.000000450. The fourth-order valence-corrected chi connectivity index (χ4v) is 9.80. The Bertz CT molecular complexity index is 1520. The number of aryl methyl sites for hydroxylation is 1. The van der Waals surface area contributed by atoms with Gasteiger partial charge in [0.05, 0.1) is 21.9 Å². The number of carbonyl (C=O) groups excluding carboxylic acids is 2. The lowest BCUT2D eigenvalue weighted by Gasteiger charge is -2.22. The van der Waals surface area contributed by atoms with Gasteiger partial charge < -0.3 is 10.6 Å². The second-order valence-electron chi connectivity index (χ2n) is 14.6. The van der Waals surface area contributed by atoms with Crippen molar-refractivity contribution in [3.63, 3.8) is 0 Å². The summed E-state index contributed by atoms with van der Waals surface area (Å²) in [5.41, 5.74) is 1.57. The summed E-state index contributed by atoms with van der Waals surface area (Å²) in [7, 11) is -7.04. The van der Waals surface area contributed by atoms with E-state index in [9.17, 15) is 26.4 Å². The molecule has 2 amide bonds. The van der Waals surface area contributed by atoms with Crippen LogP contribution in [0.25, 0.3) is 0 Å². The van der Waals surface area contributed by atoms with Crippen LogP contribution in [0.1, 0.15) is 113 Å². The van der Waals surface area contributed by atoms with Crippen molar-refractivity contribution >= 4 is 64.4 Å². The third kappa shape index (κ3) is 10.8. The summed E-state index contributed by atoms with van der Waals surface area (Å²) >= 11 is 2.72. The maximum absolute atomic E-state index is 12.6. The van der Waals surface area contributed by atoms with Crippen molar-refractivity contribution in [3.05, 3.63) is 21.6 Å². The highest BCUT2D eigenvalue weighted by atomic mass is 32.2. The highest BCUT2D eigenvalue weighted by Crippen LogP contribution is 2.34. The van der Waals surface area contributed by atoms with Crippen molar-refractivity contribution in [2.24, 2.45) is 11.8 Å². The number of rotatable bonds is 10. The molecule has 0 fully saturated rings. The summed E-state index contributed by atoms with van der Waals surface area (Å²) in [6, 6.07) is 0. The lowest BCUT2D eigenvalue weighted by Crippen LogP contribution is -2.42. The first-order valence-corrected chi connectivity index (χ1v) is 20.1. The number of aromatic nitrogens is 2. The summed E-state index contributed by atoms with van der Waals surface area (Å²) in [6.07, 6.45) is 0. The van der Waals surface area contributed by atoms with Gasteiger partial charge in [-0.15, -0.1) is 22.7 Å². The van der Waals surface area contributed by atoms with E-state index < -0.39 is 52.5 Å². The fourth-order valence-electron chi connectivity index (χ4n) is 4.42. The molecule has 0 aromatic carbocycles. The van der Waals surface area contributed by atoms with Gasteiger partial charge in [0, 0.05) is 15.7 Å². The number of anilines is 2.